The maximum atomic E-state index is 12.5. The molecule has 0 aliphatic carbocycles. The Labute approximate surface area is 123 Å². The highest BCUT2D eigenvalue weighted by molar-refractivity contribution is 6.36. The molecule has 1 saturated heterocycles. The number of benzene rings is 1. The van der Waals surface area contributed by atoms with Crippen molar-refractivity contribution in [2.24, 2.45) is 11.1 Å². The van der Waals surface area contributed by atoms with Gasteiger partial charge in [0.2, 0.25) is 0 Å². The van der Waals surface area contributed by atoms with Crippen LogP contribution in [0, 0.1) is 5.41 Å². The molecule has 1 heterocycles. The van der Waals surface area contributed by atoms with Crippen molar-refractivity contribution in [3.8, 4) is 0 Å². The van der Waals surface area contributed by atoms with Gasteiger partial charge in [-0.1, -0.05) is 37.0 Å². The SMILES string of the molecule is CC1(C)CN(C(=O)c2ccc(Cl)cc2Cl)CCC1N. The van der Waals surface area contributed by atoms with Crippen LogP contribution in [-0.4, -0.2) is 29.9 Å². The summed E-state index contributed by atoms with van der Waals surface area (Å²) in [6.07, 6.45) is 0.809. The quantitative estimate of drug-likeness (QED) is 0.866. The number of carbonyl (C=O) groups excluding carboxylic acids is 1. The van der Waals surface area contributed by atoms with Crippen LogP contribution in [0.2, 0.25) is 10.0 Å². The van der Waals surface area contributed by atoms with Crippen LogP contribution in [0.15, 0.2) is 18.2 Å². The van der Waals surface area contributed by atoms with Crippen molar-refractivity contribution < 1.29 is 4.79 Å². The van der Waals surface area contributed by atoms with Gasteiger partial charge in [-0.2, -0.15) is 0 Å². The van der Waals surface area contributed by atoms with Crippen molar-refractivity contribution >= 4 is 29.1 Å². The average Bonchev–Trinajstić information content (AvgIpc) is 2.32. The van der Waals surface area contributed by atoms with Crippen LogP contribution in [0.5, 0.6) is 0 Å². The second kappa shape index (κ2) is 5.31. The lowest BCUT2D eigenvalue weighted by Crippen LogP contribution is -2.54. The Morgan fingerprint density at radius 2 is 2.11 bits per heavy atom. The van der Waals surface area contributed by atoms with E-state index in [0.717, 1.165) is 6.42 Å². The Morgan fingerprint density at radius 1 is 1.42 bits per heavy atom. The van der Waals surface area contributed by atoms with Crippen molar-refractivity contribution in [3.05, 3.63) is 33.8 Å². The molecule has 0 radical (unpaired) electrons. The van der Waals surface area contributed by atoms with Gasteiger partial charge in [-0.3, -0.25) is 4.79 Å². The first-order chi connectivity index (χ1) is 8.81. The van der Waals surface area contributed by atoms with Crippen LogP contribution in [0.3, 0.4) is 0 Å². The number of rotatable bonds is 1. The molecule has 1 aromatic carbocycles. The van der Waals surface area contributed by atoms with Gasteiger partial charge in [0, 0.05) is 24.2 Å². The minimum Gasteiger partial charge on any atom is -0.338 e. The minimum absolute atomic E-state index is 0.0540. The third-order valence-corrected chi connectivity index (χ3v) is 4.31. The fraction of sp³-hybridized carbons (Fsp3) is 0.500. The van der Waals surface area contributed by atoms with Gasteiger partial charge in [-0.05, 0) is 30.0 Å². The number of hydrogen-bond acceptors (Lipinski definition) is 2. The van der Waals surface area contributed by atoms with Crippen molar-refractivity contribution in [2.75, 3.05) is 13.1 Å². The average molecular weight is 301 g/mol. The first kappa shape index (κ1) is 14.6. The highest BCUT2D eigenvalue weighted by Gasteiger charge is 2.35. The van der Waals surface area contributed by atoms with Gasteiger partial charge < -0.3 is 10.6 Å². The van der Waals surface area contributed by atoms with Crippen molar-refractivity contribution in [1.29, 1.82) is 0 Å². The van der Waals surface area contributed by atoms with E-state index >= 15 is 0 Å². The molecule has 1 aliphatic heterocycles. The van der Waals surface area contributed by atoms with Gasteiger partial charge in [0.15, 0.2) is 0 Å². The maximum Gasteiger partial charge on any atom is 0.255 e. The topological polar surface area (TPSA) is 46.3 Å². The fourth-order valence-corrected chi connectivity index (χ4v) is 2.87. The van der Waals surface area contributed by atoms with E-state index in [2.05, 4.69) is 13.8 Å². The Bertz CT molecular complexity index is 502. The second-order valence-electron chi connectivity index (χ2n) is 5.73. The van der Waals surface area contributed by atoms with Crippen LogP contribution in [0.1, 0.15) is 30.6 Å². The van der Waals surface area contributed by atoms with Crippen LogP contribution in [0.4, 0.5) is 0 Å². The smallest absolute Gasteiger partial charge is 0.255 e. The molecular formula is C14H18Cl2N2O. The molecule has 1 aromatic rings. The van der Waals surface area contributed by atoms with Crippen LogP contribution < -0.4 is 5.73 Å². The van der Waals surface area contributed by atoms with Crippen LogP contribution in [0.25, 0.3) is 0 Å². The molecule has 2 N–H and O–H groups in total. The largest absolute Gasteiger partial charge is 0.338 e. The Kier molecular flexibility index (Phi) is 4.09. The van der Waals surface area contributed by atoms with Crippen molar-refractivity contribution in [1.82, 2.24) is 4.90 Å². The molecule has 0 spiro atoms. The first-order valence-corrected chi connectivity index (χ1v) is 7.07. The molecule has 0 bridgehead atoms. The zero-order valence-corrected chi connectivity index (χ0v) is 12.6. The second-order valence-corrected chi connectivity index (χ2v) is 6.58. The molecule has 3 nitrogen and oxygen atoms in total. The van der Waals surface area contributed by atoms with Gasteiger partial charge in [0.05, 0.1) is 10.6 Å². The number of halogens is 2. The van der Waals surface area contributed by atoms with Gasteiger partial charge in [0.1, 0.15) is 0 Å². The van der Waals surface area contributed by atoms with E-state index in [0.29, 0.717) is 28.7 Å². The van der Waals surface area contributed by atoms with E-state index in [4.69, 9.17) is 28.9 Å². The Hall–Kier alpha value is -0.770. The summed E-state index contributed by atoms with van der Waals surface area (Å²) in [5, 5.41) is 0.924. The lowest BCUT2D eigenvalue weighted by molar-refractivity contribution is 0.0533. The van der Waals surface area contributed by atoms with Gasteiger partial charge >= 0.3 is 0 Å². The Morgan fingerprint density at radius 3 is 2.68 bits per heavy atom. The molecule has 1 fully saturated rings. The van der Waals surface area contributed by atoms with E-state index in [1.54, 1.807) is 18.2 Å². The van der Waals surface area contributed by atoms with Crippen LogP contribution in [-0.2, 0) is 0 Å². The number of nitrogens with two attached hydrogens (primary N) is 1. The minimum atomic E-state index is -0.0766. The van der Waals surface area contributed by atoms with E-state index < -0.39 is 0 Å². The molecule has 2 rings (SSSR count). The van der Waals surface area contributed by atoms with E-state index in [1.807, 2.05) is 4.90 Å². The molecule has 1 aliphatic rings. The molecule has 0 aromatic heterocycles. The van der Waals surface area contributed by atoms with Crippen LogP contribution >= 0.6 is 23.2 Å². The van der Waals surface area contributed by atoms with Crippen molar-refractivity contribution in [2.45, 2.75) is 26.3 Å². The predicted octanol–water partition coefficient (Wildman–Crippen LogP) is 3.19. The van der Waals surface area contributed by atoms with E-state index in [-0.39, 0.29) is 17.4 Å². The Balaban J connectivity index is 2.21. The standard InChI is InChI=1S/C14H18Cl2N2O/c1-14(2)8-18(6-5-12(14)17)13(19)10-4-3-9(15)7-11(10)16/h3-4,7,12H,5-6,8,17H2,1-2H3. The van der Waals surface area contributed by atoms with Gasteiger partial charge in [-0.15, -0.1) is 0 Å². The molecule has 1 atom stereocenters. The summed E-state index contributed by atoms with van der Waals surface area (Å²) >= 11 is 11.9. The number of likely N-dealkylation sites (tertiary alicyclic amines) is 1. The molecule has 1 amide bonds. The summed E-state index contributed by atoms with van der Waals surface area (Å²) in [5.74, 6) is -0.0540. The number of nitrogens with zero attached hydrogens (tertiary/aromatic N) is 1. The number of hydrogen-bond donors (Lipinski definition) is 1. The van der Waals surface area contributed by atoms with E-state index in [9.17, 15) is 4.79 Å². The zero-order valence-electron chi connectivity index (χ0n) is 11.1. The normalized spacial score (nSPS) is 22.4. The third kappa shape index (κ3) is 3.04. The number of amides is 1. The van der Waals surface area contributed by atoms with Gasteiger partial charge in [-0.25, -0.2) is 0 Å². The summed E-state index contributed by atoms with van der Waals surface area (Å²) in [6.45, 7) is 5.48. The number of piperidine rings is 1. The number of carbonyl (C=O) groups is 1. The summed E-state index contributed by atoms with van der Waals surface area (Å²) in [6, 6.07) is 5.07. The maximum absolute atomic E-state index is 12.5. The molecule has 1 unspecified atom stereocenters. The lowest BCUT2D eigenvalue weighted by atomic mass is 9.79. The summed E-state index contributed by atoms with van der Waals surface area (Å²) in [7, 11) is 0. The molecular weight excluding hydrogens is 283 g/mol. The predicted molar refractivity (Wildman–Crippen MR) is 78.7 cm³/mol. The summed E-state index contributed by atoms with van der Waals surface area (Å²) in [4.78, 5) is 14.3. The van der Waals surface area contributed by atoms with E-state index in [1.165, 1.54) is 0 Å². The zero-order chi connectivity index (χ0) is 14.2. The van der Waals surface area contributed by atoms with Gasteiger partial charge in [0.25, 0.3) is 5.91 Å². The molecule has 19 heavy (non-hydrogen) atoms. The first-order valence-electron chi connectivity index (χ1n) is 6.31. The van der Waals surface area contributed by atoms with Crippen molar-refractivity contribution in [3.63, 3.8) is 0 Å². The molecule has 0 saturated carbocycles. The molecule has 5 heteroatoms. The lowest BCUT2D eigenvalue weighted by Gasteiger charge is -2.42. The monoisotopic (exact) mass is 300 g/mol. The highest BCUT2D eigenvalue weighted by Crippen LogP contribution is 2.30. The summed E-state index contributed by atoms with van der Waals surface area (Å²) < 4.78 is 0. The molecule has 104 valence electrons. The highest BCUT2D eigenvalue weighted by atomic mass is 35.5. The third-order valence-electron chi connectivity index (χ3n) is 3.76. The summed E-state index contributed by atoms with van der Waals surface area (Å²) in [5.41, 5.74) is 6.50. The fourth-order valence-electron chi connectivity index (χ4n) is 2.38.